The van der Waals surface area contributed by atoms with E-state index in [2.05, 4.69) is 0 Å². The zero-order valence-electron chi connectivity index (χ0n) is 10.3. The lowest BCUT2D eigenvalue weighted by Crippen LogP contribution is -2.03. The largest absolute Gasteiger partial charge is 0.398 e. The van der Waals surface area contributed by atoms with Gasteiger partial charge in [0.2, 0.25) is 0 Å². The van der Waals surface area contributed by atoms with Gasteiger partial charge in [-0.05, 0) is 30.7 Å². The summed E-state index contributed by atoms with van der Waals surface area (Å²) in [4.78, 5) is 0.467. The zero-order chi connectivity index (χ0) is 14.0. The van der Waals surface area contributed by atoms with E-state index in [0.29, 0.717) is 10.6 Å². The van der Waals surface area contributed by atoms with Gasteiger partial charge in [0.15, 0.2) is 0 Å². The van der Waals surface area contributed by atoms with Crippen LogP contribution in [0, 0.1) is 18.6 Å². The van der Waals surface area contributed by atoms with Crippen molar-refractivity contribution in [1.29, 1.82) is 0 Å². The predicted molar refractivity (Wildman–Crippen MR) is 72.1 cm³/mol. The number of rotatable bonds is 3. The fourth-order valence-corrected chi connectivity index (χ4v) is 2.95. The van der Waals surface area contributed by atoms with Gasteiger partial charge in [-0.3, -0.25) is 4.21 Å². The second kappa shape index (κ2) is 5.48. The molecule has 0 amide bonds. The van der Waals surface area contributed by atoms with Gasteiger partial charge in [-0.15, -0.1) is 0 Å². The maximum absolute atomic E-state index is 13.5. The zero-order valence-corrected chi connectivity index (χ0v) is 11.1. The van der Waals surface area contributed by atoms with Crippen molar-refractivity contribution in [3.05, 3.63) is 59.2 Å². The van der Waals surface area contributed by atoms with Crippen LogP contribution in [0.5, 0.6) is 0 Å². The first-order chi connectivity index (χ1) is 8.97. The Morgan fingerprint density at radius 1 is 1.16 bits per heavy atom. The smallest absolute Gasteiger partial charge is 0.130 e. The minimum atomic E-state index is -1.46. The van der Waals surface area contributed by atoms with Crippen molar-refractivity contribution in [2.75, 3.05) is 5.73 Å². The number of hydrogen-bond acceptors (Lipinski definition) is 2. The van der Waals surface area contributed by atoms with Crippen LogP contribution < -0.4 is 5.73 Å². The summed E-state index contributed by atoms with van der Waals surface area (Å²) >= 11 is 0. The molecule has 0 aliphatic heterocycles. The van der Waals surface area contributed by atoms with Crippen LogP contribution in [0.1, 0.15) is 11.1 Å². The quantitative estimate of drug-likeness (QED) is 0.878. The van der Waals surface area contributed by atoms with Crippen molar-refractivity contribution in [2.24, 2.45) is 0 Å². The molecule has 1 atom stereocenters. The first-order valence-corrected chi connectivity index (χ1v) is 6.97. The molecule has 0 spiro atoms. The number of nitrogen functional groups attached to an aromatic ring is 1. The van der Waals surface area contributed by atoms with E-state index in [4.69, 9.17) is 5.73 Å². The highest BCUT2D eigenvalue weighted by atomic mass is 32.2. The molecule has 0 bridgehead atoms. The Balaban J connectivity index is 2.25. The van der Waals surface area contributed by atoms with E-state index in [1.807, 2.05) is 6.92 Å². The van der Waals surface area contributed by atoms with E-state index >= 15 is 0 Å². The monoisotopic (exact) mass is 281 g/mol. The van der Waals surface area contributed by atoms with Gasteiger partial charge < -0.3 is 5.73 Å². The maximum atomic E-state index is 13.5. The molecule has 0 saturated heterocycles. The molecule has 2 N–H and O–H groups in total. The Kier molecular flexibility index (Phi) is 3.95. The average Bonchev–Trinajstić information content (AvgIpc) is 2.32. The van der Waals surface area contributed by atoms with E-state index in [9.17, 15) is 13.0 Å². The van der Waals surface area contributed by atoms with Gasteiger partial charge in [-0.2, -0.15) is 0 Å². The molecule has 0 aromatic heterocycles. The summed E-state index contributed by atoms with van der Waals surface area (Å²) in [6.07, 6.45) is 0. The van der Waals surface area contributed by atoms with Gasteiger partial charge in [-0.1, -0.05) is 12.1 Å². The van der Waals surface area contributed by atoms with Crippen molar-refractivity contribution in [1.82, 2.24) is 0 Å². The van der Waals surface area contributed by atoms with Crippen molar-refractivity contribution < 1.29 is 13.0 Å². The topological polar surface area (TPSA) is 43.1 Å². The highest BCUT2D eigenvalue weighted by Crippen LogP contribution is 2.21. The molecule has 0 aliphatic carbocycles. The van der Waals surface area contributed by atoms with E-state index < -0.39 is 22.4 Å². The highest BCUT2D eigenvalue weighted by Gasteiger charge is 2.12. The standard InChI is InChI=1S/C14H13F2NOS/c1-9-2-5-14(13(17)6-9)19(18)8-10-3-4-11(15)7-12(10)16/h2-7H,8,17H2,1H3. The lowest BCUT2D eigenvalue weighted by molar-refractivity contribution is 0.576. The normalized spacial score (nSPS) is 12.4. The summed E-state index contributed by atoms with van der Waals surface area (Å²) in [5.41, 5.74) is 7.38. The number of aryl methyl sites for hydroxylation is 1. The second-order valence-corrected chi connectivity index (χ2v) is 5.69. The Hall–Kier alpha value is -1.75. The molecule has 0 saturated carbocycles. The van der Waals surface area contributed by atoms with Gasteiger partial charge in [0.1, 0.15) is 11.6 Å². The van der Waals surface area contributed by atoms with Gasteiger partial charge in [0.25, 0.3) is 0 Å². The molecule has 0 heterocycles. The summed E-state index contributed by atoms with van der Waals surface area (Å²) in [5.74, 6) is -1.37. The Morgan fingerprint density at radius 3 is 2.53 bits per heavy atom. The van der Waals surface area contributed by atoms with Crippen molar-refractivity contribution in [3.63, 3.8) is 0 Å². The molecule has 2 nitrogen and oxygen atoms in total. The summed E-state index contributed by atoms with van der Waals surface area (Å²) in [6.45, 7) is 1.88. The SMILES string of the molecule is Cc1ccc(S(=O)Cc2ccc(F)cc2F)c(N)c1. The van der Waals surface area contributed by atoms with Gasteiger partial charge in [0, 0.05) is 17.3 Å². The molecule has 0 aliphatic rings. The Labute approximate surface area is 112 Å². The van der Waals surface area contributed by atoms with Crippen molar-refractivity contribution in [2.45, 2.75) is 17.6 Å². The van der Waals surface area contributed by atoms with E-state index in [1.165, 1.54) is 6.07 Å². The lowest BCUT2D eigenvalue weighted by atomic mass is 10.2. The first kappa shape index (κ1) is 13.7. The molecular weight excluding hydrogens is 268 g/mol. The van der Waals surface area contributed by atoms with Crippen LogP contribution in [-0.2, 0) is 16.6 Å². The van der Waals surface area contributed by atoms with Crippen LogP contribution >= 0.6 is 0 Å². The molecule has 19 heavy (non-hydrogen) atoms. The van der Waals surface area contributed by atoms with E-state index in [1.54, 1.807) is 18.2 Å². The van der Waals surface area contributed by atoms with Gasteiger partial charge >= 0.3 is 0 Å². The van der Waals surface area contributed by atoms with Crippen molar-refractivity contribution in [3.8, 4) is 0 Å². The van der Waals surface area contributed by atoms with Crippen LogP contribution in [0.15, 0.2) is 41.3 Å². The minimum absolute atomic E-state index is 0.0284. The molecule has 2 rings (SSSR count). The van der Waals surface area contributed by atoms with Crippen LogP contribution in [0.4, 0.5) is 14.5 Å². The van der Waals surface area contributed by atoms with Crippen LogP contribution in [0.3, 0.4) is 0 Å². The Morgan fingerprint density at radius 2 is 1.89 bits per heavy atom. The number of nitrogens with two attached hydrogens (primary N) is 1. The molecule has 0 radical (unpaired) electrons. The first-order valence-electron chi connectivity index (χ1n) is 5.66. The summed E-state index contributed by atoms with van der Waals surface area (Å²) in [7, 11) is -1.46. The predicted octanol–water partition coefficient (Wildman–Crippen LogP) is 3.16. The molecule has 2 aromatic carbocycles. The summed E-state index contributed by atoms with van der Waals surface area (Å²) in [6, 6.07) is 8.41. The van der Waals surface area contributed by atoms with E-state index in [0.717, 1.165) is 17.7 Å². The molecular formula is C14H13F2NOS. The number of hydrogen-bond donors (Lipinski definition) is 1. The second-order valence-electron chi connectivity index (χ2n) is 4.27. The number of anilines is 1. The fourth-order valence-electron chi connectivity index (χ4n) is 1.73. The van der Waals surface area contributed by atoms with Gasteiger partial charge in [-0.25, -0.2) is 8.78 Å². The lowest BCUT2D eigenvalue weighted by Gasteiger charge is -2.07. The minimum Gasteiger partial charge on any atom is -0.398 e. The molecule has 1 unspecified atom stereocenters. The molecule has 0 fully saturated rings. The fraction of sp³-hybridized carbons (Fsp3) is 0.143. The van der Waals surface area contributed by atoms with E-state index in [-0.39, 0.29) is 11.3 Å². The van der Waals surface area contributed by atoms with Crippen LogP contribution in [0.2, 0.25) is 0 Å². The highest BCUT2D eigenvalue weighted by molar-refractivity contribution is 7.84. The third-order valence-electron chi connectivity index (χ3n) is 2.71. The van der Waals surface area contributed by atoms with Crippen LogP contribution in [0.25, 0.3) is 0 Å². The molecule has 100 valence electrons. The number of halogens is 2. The summed E-state index contributed by atoms with van der Waals surface area (Å²) in [5, 5.41) is 0. The van der Waals surface area contributed by atoms with Crippen LogP contribution in [-0.4, -0.2) is 4.21 Å². The Bertz CT molecular complexity index is 643. The molecule has 2 aromatic rings. The van der Waals surface area contributed by atoms with Crippen molar-refractivity contribution >= 4 is 16.5 Å². The average molecular weight is 281 g/mol. The summed E-state index contributed by atoms with van der Waals surface area (Å²) < 4.78 is 38.4. The third kappa shape index (κ3) is 3.17. The van der Waals surface area contributed by atoms with Gasteiger partial charge in [0.05, 0.1) is 21.4 Å². The third-order valence-corrected chi connectivity index (χ3v) is 4.15. The molecule has 5 heteroatoms. The number of benzene rings is 2. The maximum Gasteiger partial charge on any atom is 0.130 e.